The van der Waals surface area contributed by atoms with Gasteiger partial charge in [-0.25, -0.2) is 8.42 Å². The maximum absolute atomic E-state index is 12.2. The van der Waals surface area contributed by atoms with E-state index in [1.54, 1.807) is 11.0 Å². The van der Waals surface area contributed by atoms with E-state index in [0.717, 1.165) is 19.3 Å². The molecule has 0 atom stereocenters. The summed E-state index contributed by atoms with van der Waals surface area (Å²) in [6.07, 6.45) is 6.02. The van der Waals surface area contributed by atoms with Crippen molar-refractivity contribution in [3.63, 3.8) is 0 Å². The van der Waals surface area contributed by atoms with Crippen molar-refractivity contribution in [1.82, 2.24) is 4.90 Å². The van der Waals surface area contributed by atoms with Crippen LogP contribution in [0, 0.1) is 0 Å². The Morgan fingerprint density at radius 1 is 1.33 bits per heavy atom. The predicted octanol–water partition coefficient (Wildman–Crippen LogP) is 1.77. The third-order valence-electron chi connectivity index (χ3n) is 3.08. The lowest BCUT2D eigenvalue weighted by molar-refractivity contribution is -0.130. The Morgan fingerprint density at radius 3 is 2.22 bits per heavy atom. The summed E-state index contributed by atoms with van der Waals surface area (Å²) >= 11 is 0. The molecule has 0 heterocycles. The molecule has 0 radical (unpaired) electrons. The minimum Gasteiger partial charge on any atom is -0.333 e. The molecule has 104 valence electrons. The topological polar surface area (TPSA) is 54.5 Å². The van der Waals surface area contributed by atoms with Crippen LogP contribution in [-0.2, 0) is 14.6 Å². The van der Waals surface area contributed by atoms with Crippen molar-refractivity contribution < 1.29 is 13.2 Å². The second-order valence-electron chi connectivity index (χ2n) is 5.95. The third-order valence-corrected chi connectivity index (χ3v) is 4.01. The van der Waals surface area contributed by atoms with Crippen LogP contribution in [0.2, 0.25) is 0 Å². The lowest BCUT2D eigenvalue weighted by atomic mass is 9.91. The number of nitrogens with zero attached hydrogens (tertiary/aromatic N) is 1. The van der Waals surface area contributed by atoms with Crippen LogP contribution in [0.4, 0.5) is 0 Å². The van der Waals surface area contributed by atoms with Gasteiger partial charge in [-0.2, -0.15) is 0 Å². The van der Waals surface area contributed by atoms with Gasteiger partial charge < -0.3 is 4.90 Å². The number of amides is 1. The molecule has 1 fully saturated rings. The van der Waals surface area contributed by atoms with Gasteiger partial charge in [-0.3, -0.25) is 4.79 Å². The van der Waals surface area contributed by atoms with E-state index in [1.165, 1.54) is 11.8 Å². The van der Waals surface area contributed by atoms with E-state index in [-0.39, 0.29) is 23.7 Å². The Hall–Kier alpha value is -0.840. The van der Waals surface area contributed by atoms with Gasteiger partial charge in [0.1, 0.15) is 9.84 Å². The summed E-state index contributed by atoms with van der Waals surface area (Å²) in [5, 5.41) is 0. The zero-order chi connectivity index (χ0) is 14.0. The smallest absolute Gasteiger partial charge is 0.246 e. The standard InChI is InChI=1S/C13H23NO3S/c1-13(2,3)14(8-9-18(4,16)17)12(15)10-11-6-5-7-11/h10H,5-9H2,1-4H3. The fourth-order valence-electron chi connectivity index (χ4n) is 1.81. The van der Waals surface area contributed by atoms with E-state index in [2.05, 4.69) is 0 Å². The normalized spacial score (nSPS) is 16.1. The Kier molecular flexibility index (Phi) is 4.59. The Morgan fingerprint density at radius 2 is 1.89 bits per heavy atom. The van der Waals surface area contributed by atoms with Crippen molar-refractivity contribution in [2.75, 3.05) is 18.6 Å². The summed E-state index contributed by atoms with van der Waals surface area (Å²) in [6.45, 7) is 6.02. The lowest BCUT2D eigenvalue weighted by Gasteiger charge is -2.35. The maximum atomic E-state index is 12.2. The van der Waals surface area contributed by atoms with Crippen LogP contribution in [0.3, 0.4) is 0 Å². The van der Waals surface area contributed by atoms with Gasteiger partial charge in [-0.05, 0) is 40.0 Å². The highest BCUT2D eigenvalue weighted by Crippen LogP contribution is 2.26. The highest BCUT2D eigenvalue weighted by molar-refractivity contribution is 7.90. The van der Waals surface area contributed by atoms with Crippen LogP contribution in [0.25, 0.3) is 0 Å². The van der Waals surface area contributed by atoms with E-state index in [0.29, 0.717) is 0 Å². The number of carbonyl (C=O) groups excluding carboxylic acids is 1. The molecule has 1 saturated carbocycles. The summed E-state index contributed by atoms with van der Waals surface area (Å²) in [7, 11) is -3.05. The molecule has 4 nitrogen and oxygen atoms in total. The molecule has 0 spiro atoms. The summed E-state index contributed by atoms with van der Waals surface area (Å²) in [5.41, 5.74) is 0.816. The third kappa shape index (κ3) is 4.80. The van der Waals surface area contributed by atoms with Gasteiger partial charge in [0.2, 0.25) is 5.91 Å². The van der Waals surface area contributed by atoms with Gasteiger partial charge >= 0.3 is 0 Å². The molecule has 1 rings (SSSR count). The molecule has 1 aliphatic rings. The second-order valence-corrected chi connectivity index (χ2v) is 8.21. The molecule has 0 aromatic heterocycles. The highest BCUT2D eigenvalue weighted by Gasteiger charge is 2.26. The molecule has 5 heteroatoms. The summed E-state index contributed by atoms with van der Waals surface area (Å²) in [6, 6.07) is 0. The van der Waals surface area contributed by atoms with Gasteiger partial charge in [-0.15, -0.1) is 0 Å². The van der Waals surface area contributed by atoms with Crippen molar-refractivity contribution in [3.05, 3.63) is 11.6 Å². The van der Waals surface area contributed by atoms with Crippen LogP contribution in [0.1, 0.15) is 40.0 Å². The van der Waals surface area contributed by atoms with Crippen molar-refractivity contribution in [1.29, 1.82) is 0 Å². The quantitative estimate of drug-likeness (QED) is 0.734. The molecule has 1 amide bonds. The molecular formula is C13H23NO3S. The number of carbonyl (C=O) groups is 1. The predicted molar refractivity (Wildman–Crippen MR) is 73.1 cm³/mol. The number of rotatable bonds is 4. The summed E-state index contributed by atoms with van der Waals surface area (Å²) in [5.74, 6) is -0.0556. The average molecular weight is 273 g/mol. The molecule has 0 aliphatic heterocycles. The summed E-state index contributed by atoms with van der Waals surface area (Å²) in [4.78, 5) is 13.8. The van der Waals surface area contributed by atoms with Crippen molar-refractivity contribution >= 4 is 15.7 Å². The van der Waals surface area contributed by atoms with E-state index in [9.17, 15) is 13.2 Å². The number of hydrogen-bond donors (Lipinski definition) is 0. The minimum absolute atomic E-state index is 0.0131. The van der Waals surface area contributed by atoms with Gasteiger partial charge in [-0.1, -0.05) is 5.57 Å². The summed E-state index contributed by atoms with van der Waals surface area (Å²) < 4.78 is 22.4. The first kappa shape index (κ1) is 15.2. The molecule has 0 N–H and O–H groups in total. The first-order chi connectivity index (χ1) is 8.09. The van der Waals surface area contributed by atoms with Crippen LogP contribution >= 0.6 is 0 Å². The number of allylic oxidation sites excluding steroid dienone is 1. The highest BCUT2D eigenvalue weighted by atomic mass is 32.2. The van der Waals surface area contributed by atoms with E-state index in [4.69, 9.17) is 0 Å². The molecule has 0 aromatic carbocycles. The van der Waals surface area contributed by atoms with Crippen LogP contribution in [-0.4, -0.2) is 43.3 Å². The molecule has 0 bridgehead atoms. The molecular weight excluding hydrogens is 250 g/mol. The van der Waals surface area contributed by atoms with Crippen molar-refractivity contribution in [2.45, 2.75) is 45.6 Å². The monoisotopic (exact) mass is 273 g/mol. The van der Waals surface area contributed by atoms with Crippen molar-refractivity contribution in [2.24, 2.45) is 0 Å². The van der Waals surface area contributed by atoms with E-state index in [1.807, 2.05) is 20.8 Å². The van der Waals surface area contributed by atoms with Crippen LogP contribution in [0.5, 0.6) is 0 Å². The fraction of sp³-hybridized carbons (Fsp3) is 0.769. The first-order valence-electron chi connectivity index (χ1n) is 6.28. The maximum Gasteiger partial charge on any atom is 0.246 e. The second kappa shape index (κ2) is 5.43. The van der Waals surface area contributed by atoms with E-state index < -0.39 is 9.84 Å². The van der Waals surface area contributed by atoms with Gasteiger partial charge in [0.25, 0.3) is 0 Å². The molecule has 18 heavy (non-hydrogen) atoms. The van der Waals surface area contributed by atoms with Crippen LogP contribution in [0.15, 0.2) is 11.6 Å². The largest absolute Gasteiger partial charge is 0.333 e. The molecule has 1 aliphatic carbocycles. The first-order valence-corrected chi connectivity index (χ1v) is 8.34. The SMILES string of the molecule is CC(C)(C)N(CCS(C)(=O)=O)C(=O)C=C1CCC1. The van der Waals surface area contributed by atoms with Gasteiger partial charge in [0.05, 0.1) is 5.75 Å². The van der Waals surface area contributed by atoms with Gasteiger partial charge in [0, 0.05) is 24.4 Å². The average Bonchev–Trinajstić information content (AvgIpc) is 2.07. The van der Waals surface area contributed by atoms with Crippen LogP contribution < -0.4 is 0 Å². The minimum atomic E-state index is -3.05. The number of hydrogen-bond acceptors (Lipinski definition) is 3. The Labute approximate surface area is 110 Å². The lowest BCUT2D eigenvalue weighted by Crippen LogP contribution is -2.47. The zero-order valence-corrected chi connectivity index (χ0v) is 12.5. The molecule has 0 saturated heterocycles. The van der Waals surface area contributed by atoms with Gasteiger partial charge in [0.15, 0.2) is 0 Å². The van der Waals surface area contributed by atoms with Crippen molar-refractivity contribution in [3.8, 4) is 0 Å². The Bertz CT molecular complexity index is 437. The number of sulfone groups is 1. The zero-order valence-electron chi connectivity index (χ0n) is 11.7. The molecule has 0 unspecified atom stereocenters. The molecule has 0 aromatic rings. The fourth-order valence-corrected chi connectivity index (χ4v) is 2.33. The van der Waals surface area contributed by atoms with E-state index >= 15 is 0 Å². The Balaban J connectivity index is 2.75.